The number of halogens is 2. The van der Waals surface area contributed by atoms with Crippen LogP contribution in [0.2, 0.25) is 0 Å². The van der Waals surface area contributed by atoms with Crippen LogP contribution in [0.4, 0.5) is 20.3 Å². The number of rotatable bonds is 7. The van der Waals surface area contributed by atoms with Crippen molar-refractivity contribution in [3.63, 3.8) is 0 Å². The molecule has 2 saturated heterocycles. The summed E-state index contributed by atoms with van der Waals surface area (Å²) in [6.45, 7) is 5.18. The molecule has 5 aromatic rings. The van der Waals surface area contributed by atoms with E-state index in [0.717, 1.165) is 41.8 Å². The number of alkyl halides is 2. The second-order valence-electron chi connectivity index (χ2n) is 18.4. The Bertz CT molecular complexity index is 2980. The van der Waals surface area contributed by atoms with Gasteiger partial charge in [0, 0.05) is 107 Å². The zero-order valence-electron chi connectivity index (χ0n) is 37.9. The molecule has 2 fully saturated rings. The molecule has 0 saturated carbocycles. The molecule has 2 aromatic carbocycles. The first kappa shape index (κ1) is 43.8. The highest BCUT2D eigenvalue weighted by atomic mass is 19.3. The predicted molar refractivity (Wildman–Crippen MR) is 245 cm³/mol. The average molecular weight is 914 g/mol. The van der Waals surface area contributed by atoms with E-state index in [0.29, 0.717) is 92.1 Å². The number of imide groups is 1. The van der Waals surface area contributed by atoms with E-state index in [2.05, 4.69) is 31.8 Å². The standard InChI is InChI=1S/C49H53F2N11O5/c1-30(63)59-23-17-39-38(28-59)47(60-18-5-7-33-24-36(34-26-52-55(2)27-34)37(46(50)51)25-42(33)60)54-62(39)35-15-21-58(22-16-35)44(65)29-57-19-13-31(14-20-57)9-10-32-6-4-8-40-45(32)56(3)49(67)61(40)41-11-12-43(64)53-48(41)66/h4,6,8,13,19,24-27,31,35,41,46H,5,7,11-12,14-18,20-23,28-29H2,1-3H3,(H,53,64,66). The molecule has 4 amide bonds. The number of hydrogen-bond donors (Lipinski definition) is 1. The maximum absolute atomic E-state index is 14.7. The molecular weight excluding hydrogens is 861 g/mol. The maximum atomic E-state index is 14.7. The van der Waals surface area contributed by atoms with Crippen molar-refractivity contribution in [2.45, 2.75) is 83.3 Å². The molecular formula is C49H53F2N11O5. The van der Waals surface area contributed by atoms with Crippen molar-refractivity contribution in [2.24, 2.45) is 20.0 Å². The zero-order chi connectivity index (χ0) is 46.7. The molecule has 0 radical (unpaired) electrons. The van der Waals surface area contributed by atoms with E-state index < -0.39 is 18.4 Å². The summed E-state index contributed by atoms with van der Waals surface area (Å²) in [5, 5.41) is 11.9. The van der Waals surface area contributed by atoms with Gasteiger partial charge in [-0.1, -0.05) is 24.0 Å². The van der Waals surface area contributed by atoms with Gasteiger partial charge in [-0.2, -0.15) is 10.2 Å². The highest BCUT2D eigenvalue weighted by molar-refractivity contribution is 6.00. The van der Waals surface area contributed by atoms with Gasteiger partial charge in [-0.15, -0.1) is 0 Å². The Morgan fingerprint density at radius 3 is 2.49 bits per heavy atom. The van der Waals surface area contributed by atoms with Crippen LogP contribution in [-0.4, -0.2) is 106 Å². The van der Waals surface area contributed by atoms with Crippen molar-refractivity contribution in [1.29, 1.82) is 0 Å². The molecule has 5 aliphatic heterocycles. The van der Waals surface area contributed by atoms with Gasteiger partial charge in [-0.3, -0.25) is 43.0 Å². The van der Waals surface area contributed by atoms with E-state index in [1.807, 2.05) is 45.2 Å². The molecule has 2 atom stereocenters. The van der Waals surface area contributed by atoms with Crippen LogP contribution in [0.25, 0.3) is 22.2 Å². The number of aromatic nitrogens is 6. The second kappa shape index (κ2) is 17.6. The summed E-state index contributed by atoms with van der Waals surface area (Å²) in [6, 6.07) is 8.21. The molecule has 0 aliphatic carbocycles. The van der Waals surface area contributed by atoms with Gasteiger partial charge in [0.2, 0.25) is 23.6 Å². The summed E-state index contributed by atoms with van der Waals surface area (Å²) < 4.78 is 36.2. The minimum Gasteiger partial charge on any atom is -0.368 e. The first-order chi connectivity index (χ1) is 32.3. The van der Waals surface area contributed by atoms with Crippen LogP contribution >= 0.6 is 0 Å². The van der Waals surface area contributed by atoms with E-state index >= 15 is 0 Å². The van der Waals surface area contributed by atoms with Crippen molar-refractivity contribution in [3.05, 3.63) is 93.4 Å². The number of nitrogens with zero attached hydrogens (tertiary/aromatic N) is 10. The third-order valence-corrected chi connectivity index (χ3v) is 14.2. The van der Waals surface area contributed by atoms with Gasteiger partial charge < -0.3 is 19.6 Å². The van der Waals surface area contributed by atoms with Crippen LogP contribution in [-0.2, 0) is 52.7 Å². The largest absolute Gasteiger partial charge is 0.368 e. The number of benzene rings is 2. The third-order valence-electron chi connectivity index (χ3n) is 14.2. The number of anilines is 2. The molecule has 16 nitrogen and oxygen atoms in total. The fourth-order valence-corrected chi connectivity index (χ4v) is 10.6. The molecule has 5 aliphatic rings. The van der Waals surface area contributed by atoms with Gasteiger partial charge in [-0.25, -0.2) is 13.6 Å². The van der Waals surface area contributed by atoms with E-state index in [1.165, 1.54) is 9.13 Å². The summed E-state index contributed by atoms with van der Waals surface area (Å²) in [5.41, 5.74) is 6.32. The second-order valence-corrected chi connectivity index (χ2v) is 18.4. The molecule has 0 bridgehead atoms. The lowest BCUT2D eigenvalue weighted by molar-refractivity contribution is -0.136. The Balaban J connectivity index is 0.814. The minimum absolute atomic E-state index is 0.0215. The number of carbonyl (C=O) groups is 4. The van der Waals surface area contributed by atoms with Crippen molar-refractivity contribution < 1.29 is 28.0 Å². The average Bonchev–Trinajstić information content (AvgIpc) is 4.01. The monoisotopic (exact) mass is 913 g/mol. The lowest BCUT2D eigenvalue weighted by atomic mass is 9.92. The fourth-order valence-electron chi connectivity index (χ4n) is 10.6. The number of carbonyl (C=O) groups excluding carboxylic acids is 4. The highest BCUT2D eigenvalue weighted by Crippen LogP contribution is 2.44. The van der Waals surface area contributed by atoms with Gasteiger partial charge >= 0.3 is 5.69 Å². The quantitative estimate of drug-likeness (QED) is 0.178. The number of para-hydroxylation sites is 1. The number of likely N-dealkylation sites (tertiary alicyclic amines) is 1. The first-order valence-electron chi connectivity index (χ1n) is 23.2. The molecule has 18 heteroatoms. The topological polar surface area (TPSA) is 156 Å². The first-order valence-corrected chi connectivity index (χ1v) is 23.2. The number of aryl methyl sites for hydroxylation is 3. The van der Waals surface area contributed by atoms with Crippen LogP contribution in [0.5, 0.6) is 0 Å². The lowest BCUT2D eigenvalue weighted by Gasteiger charge is -2.35. The summed E-state index contributed by atoms with van der Waals surface area (Å²) >= 11 is 0. The van der Waals surface area contributed by atoms with Crippen molar-refractivity contribution in [3.8, 4) is 23.0 Å². The molecule has 8 heterocycles. The number of hydrogen-bond acceptors (Lipinski definition) is 9. The molecule has 67 heavy (non-hydrogen) atoms. The normalized spacial score (nSPS) is 20.0. The van der Waals surface area contributed by atoms with Crippen molar-refractivity contribution >= 4 is 46.2 Å². The Morgan fingerprint density at radius 1 is 0.955 bits per heavy atom. The van der Waals surface area contributed by atoms with Crippen LogP contribution < -0.4 is 15.9 Å². The maximum Gasteiger partial charge on any atom is 0.329 e. The Hall–Kier alpha value is -7.03. The lowest BCUT2D eigenvalue weighted by Crippen LogP contribution is -2.44. The van der Waals surface area contributed by atoms with Gasteiger partial charge in [-0.05, 0) is 80.1 Å². The van der Waals surface area contributed by atoms with Crippen LogP contribution in [0.15, 0.2) is 59.8 Å². The Labute approximate surface area is 385 Å². The SMILES string of the molecule is CC(=O)N1CCc2c(c(N3CCCc4cc(-c5cnn(C)c5)c(C(F)F)cc43)nn2C2CCN(C(=O)CN3C=CC(C#Cc4cccc5c4n(C)c(=O)n5C4CCC(=O)NC4=O)CC3)CC2)C1. The summed E-state index contributed by atoms with van der Waals surface area (Å²) in [6.07, 6.45) is 9.36. The van der Waals surface area contributed by atoms with Gasteiger partial charge in [0.05, 0.1) is 41.9 Å². The van der Waals surface area contributed by atoms with Gasteiger partial charge in [0.25, 0.3) is 6.43 Å². The number of nitrogens with one attached hydrogen (secondary N) is 1. The summed E-state index contributed by atoms with van der Waals surface area (Å²) in [5.74, 6) is 6.46. The predicted octanol–water partition coefficient (Wildman–Crippen LogP) is 4.89. The number of allylic oxidation sites excluding steroid dienone is 1. The van der Waals surface area contributed by atoms with Crippen LogP contribution in [0.3, 0.4) is 0 Å². The van der Waals surface area contributed by atoms with E-state index in [4.69, 9.17) is 5.10 Å². The minimum atomic E-state index is -2.69. The summed E-state index contributed by atoms with van der Waals surface area (Å²) in [7, 11) is 3.43. The zero-order valence-corrected chi connectivity index (χ0v) is 37.9. The highest BCUT2D eigenvalue weighted by Gasteiger charge is 2.36. The van der Waals surface area contributed by atoms with E-state index in [9.17, 15) is 32.8 Å². The smallest absolute Gasteiger partial charge is 0.329 e. The van der Waals surface area contributed by atoms with Crippen LogP contribution in [0.1, 0.15) is 91.9 Å². The molecule has 1 N–H and O–H groups in total. The van der Waals surface area contributed by atoms with Gasteiger partial charge in [0.15, 0.2) is 5.82 Å². The van der Waals surface area contributed by atoms with E-state index in [-0.39, 0.29) is 60.3 Å². The molecule has 3 aromatic heterocycles. The molecule has 10 rings (SSSR count). The van der Waals surface area contributed by atoms with E-state index in [1.54, 1.807) is 50.2 Å². The van der Waals surface area contributed by atoms with Crippen molar-refractivity contribution in [1.82, 2.24) is 48.7 Å². The summed E-state index contributed by atoms with van der Waals surface area (Å²) in [4.78, 5) is 72.0. The van der Waals surface area contributed by atoms with Crippen molar-refractivity contribution in [2.75, 3.05) is 44.2 Å². The Kier molecular flexibility index (Phi) is 11.5. The molecule has 2 unspecified atom stereocenters. The third kappa shape index (κ3) is 8.18. The van der Waals surface area contributed by atoms with Gasteiger partial charge in [0.1, 0.15) is 6.04 Å². The number of amides is 4. The number of fused-ring (bicyclic) bond motifs is 3. The fraction of sp³-hybridized carbons (Fsp3) is 0.449. The number of piperidine rings is 2. The number of imidazole rings is 1. The Morgan fingerprint density at radius 2 is 1.78 bits per heavy atom. The molecule has 348 valence electrons. The molecule has 0 spiro atoms. The van der Waals surface area contributed by atoms with Crippen LogP contribution in [0, 0.1) is 17.8 Å².